The van der Waals surface area contributed by atoms with Gasteiger partial charge in [0, 0.05) is 6.08 Å². The number of hydrogen-bond acceptors (Lipinski definition) is 3. The van der Waals surface area contributed by atoms with Crippen LogP contribution in [0.15, 0.2) is 30.3 Å². The van der Waals surface area contributed by atoms with Crippen molar-refractivity contribution in [3.63, 3.8) is 0 Å². The number of amides is 1. The molecule has 4 nitrogen and oxygen atoms in total. The number of carbonyl (C=O) groups is 1. The maximum absolute atomic E-state index is 12.5. The summed E-state index contributed by atoms with van der Waals surface area (Å²) in [5.74, 6) is -0.914. The second-order valence-corrected chi connectivity index (χ2v) is 5.89. The molecule has 0 saturated carbocycles. The Morgan fingerprint density at radius 1 is 1.30 bits per heavy atom. The number of nitrogens with one attached hydrogen (secondary N) is 1. The summed E-state index contributed by atoms with van der Waals surface area (Å²) in [4.78, 5) is 11.3. The fourth-order valence-electron chi connectivity index (χ4n) is 1.43. The lowest BCUT2D eigenvalue weighted by molar-refractivity contribution is -0.137. The third-order valence-corrected chi connectivity index (χ3v) is 2.85. The second-order valence-electron chi connectivity index (χ2n) is 4.14. The van der Waals surface area contributed by atoms with Gasteiger partial charge < -0.3 is 0 Å². The van der Waals surface area contributed by atoms with E-state index in [2.05, 4.69) is 0 Å². The molecular weight excluding hydrogens is 295 g/mol. The zero-order valence-electron chi connectivity index (χ0n) is 10.7. The van der Waals surface area contributed by atoms with Gasteiger partial charge in [0.25, 0.3) is 5.91 Å². The third kappa shape index (κ3) is 5.04. The van der Waals surface area contributed by atoms with Crippen LogP contribution in [-0.4, -0.2) is 20.6 Å². The SMILES string of the molecule is CC(=CC(=O)NS(C)(=O)=O)c1cccc(C(F)(F)F)c1. The van der Waals surface area contributed by atoms with Crippen molar-refractivity contribution in [1.82, 2.24) is 4.72 Å². The van der Waals surface area contributed by atoms with E-state index < -0.39 is 27.7 Å². The van der Waals surface area contributed by atoms with E-state index in [1.807, 2.05) is 0 Å². The van der Waals surface area contributed by atoms with Crippen LogP contribution in [0.3, 0.4) is 0 Å². The van der Waals surface area contributed by atoms with Crippen LogP contribution in [0.2, 0.25) is 0 Å². The average molecular weight is 307 g/mol. The van der Waals surface area contributed by atoms with Crippen molar-refractivity contribution in [3.8, 4) is 0 Å². The van der Waals surface area contributed by atoms with Gasteiger partial charge in [-0.15, -0.1) is 0 Å². The fraction of sp³-hybridized carbons (Fsp3) is 0.250. The van der Waals surface area contributed by atoms with Gasteiger partial charge in [0.15, 0.2) is 0 Å². The lowest BCUT2D eigenvalue weighted by Crippen LogP contribution is -2.27. The van der Waals surface area contributed by atoms with Crippen molar-refractivity contribution in [1.29, 1.82) is 0 Å². The van der Waals surface area contributed by atoms with Crippen LogP contribution in [0.4, 0.5) is 13.2 Å². The first-order valence-corrected chi connectivity index (χ1v) is 7.26. The highest BCUT2D eigenvalue weighted by atomic mass is 32.2. The van der Waals surface area contributed by atoms with Crippen molar-refractivity contribution >= 4 is 21.5 Å². The molecule has 110 valence electrons. The van der Waals surface area contributed by atoms with Crippen molar-refractivity contribution in [2.75, 3.05) is 6.26 Å². The number of carbonyl (C=O) groups excluding carboxylic acids is 1. The fourth-order valence-corrected chi connectivity index (χ4v) is 1.86. The predicted molar refractivity (Wildman–Crippen MR) is 68.1 cm³/mol. The Bertz CT molecular complexity index is 648. The summed E-state index contributed by atoms with van der Waals surface area (Å²) in [5, 5.41) is 0. The predicted octanol–water partition coefficient (Wildman–Crippen LogP) is 2.18. The molecule has 1 N–H and O–H groups in total. The first-order valence-electron chi connectivity index (χ1n) is 5.37. The molecule has 0 bridgehead atoms. The summed E-state index contributed by atoms with van der Waals surface area (Å²) in [7, 11) is -3.71. The maximum atomic E-state index is 12.5. The van der Waals surface area contributed by atoms with Gasteiger partial charge in [0.2, 0.25) is 10.0 Å². The van der Waals surface area contributed by atoms with E-state index in [-0.39, 0.29) is 11.1 Å². The lowest BCUT2D eigenvalue weighted by Gasteiger charge is -2.09. The number of rotatable bonds is 3. The number of sulfonamides is 1. The molecule has 0 atom stereocenters. The van der Waals surface area contributed by atoms with Gasteiger partial charge in [-0.3, -0.25) is 4.79 Å². The number of halogens is 3. The summed E-state index contributed by atoms with van der Waals surface area (Å²) in [6, 6.07) is 4.41. The van der Waals surface area contributed by atoms with E-state index in [1.54, 1.807) is 4.72 Å². The van der Waals surface area contributed by atoms with E-state index in [9.17, 15) is 26.4 Å². The van der Waals surface area contributed by atoms with Crippen molar-refractivity contribution in [2.24, 2.45) is 0 Å². The molecule has 0 aliphatic rings. The summed E-state index contributed by atoms with van der Waals surface area (Å²) in [6.07, 6.45) is -2.75. The first kappa shape index (κ1) is 16.2. The van der Waals surface area contributed by atoms with E-state index in [1.165, 1.54) is 19.1 Å². The van der Waals surface area contributed by atoms with Crippen molar-refractivity contribution in [3.05, 3.63) is 41.5 Å². The first-order chi connectivity index (χ1) is 8.99. The molecule has 1 aromatic rings. The molecule has 0 aliphatic heterocycles. The average Bonchev–Trinajstić information content (AvgIpc) is 2.25. The van der Waals surface area contributed by atoms with Crippen molar-refractivity contribution in [2.45, 2.75) is 13.1 Å². The van der Waals surface area contributed by atoms with E-state index in [0.29, 0.717) is 0 Å². The van der Waals surface area contributed by atoms with E-state index in [0.717, 1.165) is 24.5 Å². The minimum Gasteiger partial charge on any atom is -0.269 e. The quantitative estimate of drug-likeness (QED) is 0.871. The zero-order chi connectivity index (χ0) is 15.6. The van der Waals surface area contributed by atoms with E-state index in [4.69, 9.17) is 0 Å². The van der Waals surface area contributed by atoms with Gasteiger partial charge in [0.1, 0.15) is 0 Å². The highest BCUT2D eigenvalue weighted by Gasteiger charge is 2.30. The lowest BCUT2D eigenvalue weighted by atomic mass is 10.0. The summed E-state index contributed by atoms with van der Waals surface area (Å²) < 4.78 is 61.0. The van der Waals surface area contributed by atoms with Crippen LogP contribution in [0, 0.1) is 0 Å². The maximum Gasteiger partial charge on any atom is 0.416 e. The Kier molecular flexibility index (Phi) is 4.59. The van der Waals surface area contributed by atoms with Crippen molar-refractivity contribution < 1.29 is 26.4 Å². The molecule has 1 aromatic carbocycles. The molecule has 0 heterocycles. The van der Waals surface area contributed by atoms with Crippen LogP contribution < -0.4 is 4.72 Å². The van der Waals surface area contributed by atoms with Gasteiger partial charge in [-0.2, -0.15) is 13.2 Å². The number of allylic oxidation sites excluding steroid dienone is 1. The standard InChI is InChI=1S/C12H12F3NO3S/c1-8(6-11(17)16-20(2,18)19)9-4-3-5-10(7-9)12(13,14)15/h3-7H,1-2H3,(H,16,17). The topological polar surface area (TPSA) is 63.2 Å². The Morgan fingerprint density at radius 3 is 2.40 bits per heavy atom. The van der Waals surface area contributed by atoms with Gasteiger partial charge in [0.05, 0.1) is 11.8 Å². The largest absolute Gasteiger partial charge is 0.416 e. The second kappa shape index (κ2) is 5.66. The van der Waals surface area contributed by atoms with Crippen LogP contribution in [-0.2, 0) is 21.0 Å². The molecule has 0 fully saturated rings. The molecule has 8 heteroatoms. The number of hydrogen-bond donors (Lipinski definition) is 1. The summed E-state index contributed by atoms with van der Waals surface area (Å²) in [6.45, 7) is 1.41. The highest BCUT2D eigenvalue weighted by Crippen LogP contribution is 2.30. The van der Waals surface area contributed by atoms with Crippen LogP contribution >= 0.6 is 0 Å². The minimum atomic E-state index is -4.48. The minimum absolute atomic E-state index is 0.184. The monoisotopic (exact) mass is 307 g/mol. The van der Waals surface area contributed by atoms with Gasteiger partial charge in [-0.1, -0.05) is 12.1 Å². The number of benzene rings is 1. The molecule has 1 amide bonds. The molecule has 1 rings (SSSR count). The molecule has 0 radical (unpaired) electrons. The Labute approximate surface area is 114 Å². The Morgan fingerprint density at radius 2 is 1.90 bits per heavy atom. The number of alkyl halides is 3. The summed E-state index contributed by atoms with van der Waals surface area (Å²) >= 11 is 0. The Balaban J connectivity index is 3.04. The van der Waals surface area contributed by atoms with E-state index >= 15 is 0 Å². The van der Waals surface area contributed by atoms with Crippen LogP contribution in [0.5, 0.6) is 0 Å². The van der Waals surface area contributed by atoms with Gasteiger partial charge in [-0.05, 0) is 30.2 Å². The highest BCUT2D eigenvalue weighted by molar-refractivity contribution is 7.89. The van der Waals surface area contributed by atoms with Crippen LogP contribution in [0.25, 0.3) is 5.57 Å². The van der Waals surface area contributed by atoms with Crippen LogP contribution in [0.1, 0.15) is 18.1 Å². The summed E-state index contributed by atoms with van der Waals surface area (Å²) in [5.41, 5.74) is -0.438. The molecule has 0 aromatic heterocycles. The smallest absolute Gasteiger partial charge is 0.269 e. The molecule has 0 unspecified atom stereocenters. The molecule has 0 spiro atoms. The van der Waals surface area contributed by atoms with Gasteiger partial charge in [-0.25, -0.2) is 13.1 Å². The normalized spacial score (nSPS) is 13.2. The zero-order valence-corrected chi connectivity index (χ0v) is 11.5. The van der Waals surface area contributed by atoms with Gasteiger partial charge >= 0.3 is 6.18 Å². The molecular formula is C12H12F3NO3S. The third-order valence-electron chi connectivity index (χ3n) is 2.28. The molecule has 20 heavy (non-hydrogen) atoms. The molecule has 0 aliphatic carbocycles. The Hall–Kier alpha value is -1.83. The molecule has 0 saturated heterocycles.